The third kappa shape index (κ3) is 7.63. The van der Waals surface area contributed by atoms with Crippen LogP contribution in [0, 0.1) is 0 Å². The number of rotatable bonds is 6. The molecule has 0 unspecified atom stereocenters. The van der Waals surface area contributed by atoms with Gasteiger partial charge in [0.25, 0.3) is 0 Å². The van der Waals surface area contributed by atoms with Crippen LogP contribution < -0.4 is 0 Å². The van der Waals surface area contributed by atoms with Crippen molar-refractivity contribution in [3.05, 3.63) is 0 Å². The van der Waals surface area contributed by atoms with Crippen molar-refractivity contribution in [3.63, 3.8) is 0 Å². The van der Waals surface area contributed by atoms with E-state index >= 15 is 0 Å². The van der Waals surface area contributed by atoms with Crippen molar-refractivity contribution in [2.24, 2.45) is 0 Å². The Hall–Kier alpha value is 1.53. The SMILES string of the molecule is CCC[CH2][Sn]([I])[CH2]CCC. The molecule has 0 atom stereocenters. The molecule has 0 nitrogen and oxygen atoms in total. The first-order valence-electron chi connectivity index (χ1n) is 4.31. The van der Waals surface area contributed by atoms with Crippen LogP contribution in [-0.4, -0.2) is 15.8 Å². The van der Waals surface area contributed by atoms with E-state index in [2.05, 4.69) is 32.5 Å². The Morgan fingerprint density at radius 3 is 1.70 bits per heavy atom. The normalized spacial score (nSPS) is 10.8. The topological polar surface area (TPSA) is 0 Å². The number of unbranched alkanes of at least 4 members (excludes halogenated alkanes) is 2. The summed E-state index contributed by atoms with van der Waals surface area (Å²) in [6.07, 6.45) is 5.81. The van der Waals surface area contributed by atoms with Gasteiger partial charge in [0.05, 0.1) is 0 Å². The average molecular weight is 360 g/mol. The van der Waals surface area contributed by atoms with Crippen LogP contribution >= 0.6 is 18.6 Å². The van der Waals surface area contributed by atoms with Crippen LogP contribution in [-0.2, 0) is 0 Å². The van der Waals surface area contributed by atoms with E-state index in [-0.39, 0.29) is 0 Å². The summed E-state index contributed by atoms with van der Waals surface area (Å²) in [6.45, 7) is 4.60. The van der Waals surface area contributed by atoms with Crippen molar-refractivity contribution < 1.29 is 0 Å². The number of hydrogen-bond donors (Lipinski definition) is 0. The summed E-state index contributed by atoms with van der Waals surface area (Å²) < 4.78 is 3.25. The zero-order valence-electron chi connectivity index (χ0n) is 7.12. The molecule has 0 heterocycles. The van der Waals surface area contributed by atoms with Gasteiger partial charge in [-0.3, -0.25) is 0 Å². The van der Waals surface area contributed by atoms with Crippen LogP contribution in [0.15, 0.2) is 0 Å². The molecule has 0 aliphatic heterocycles. The van der Waals surface area contributed by atoms with Crippen LogP contribution in [0.25, 0.3) is 0 Å². The Kier molecular flexibility index (Phi) is 9.94. The summed E-state index contributed by atoms with van der Waals surface area (Å²) in [7, 11) is 0. The minimum absolute atomic E-state index is 0.771. The summed E-state index contributed by atoms with van der Waals surface area (Å²) in [5, 5.41) is 0. The molecule has 0 aromatic rings. The van der Waals surface area contributed by atoms with Crippen LogP contribution in [0.1, 0.15) is 39.5 Å². The van der Waals surface area contributed by atoms with E-state index in [1.807, 2.05) is 0 Å². The summed E-state index contributed by atoms with van der Waals surface area (Å²) >= 11 is 2.01. The monoisotopic (exact) mass is 361 g/mol. The van der Waals surface area contributed by atoms with Gasteiger partial charge in [-0.15, -0.1) is 0 Å². The first-order chi connectivity index (χ1) is 4.81. The van der Waals surface area contributed by atoms with Gasteiger partial charge in [0.15, 0.2) is 0 Å². The van der Waals surface area contributed by atoms with Crippen LogP contribution in [0.2, 0.25) is 8.87 Å². The van der Waals surface area contributed by atoms with E-state index in [9.17, 15) is 0 Å². The van der Waals surface area contributed by atoms with Gasteiger partial charge < -0.3 is 0 Å². The predicted octanol–water partition coefficient (Wildman–Crippen LogP) is 4.01. The molecule has 0 bridgehead atoms. The fourth-order valence-corrected chi connectivity index (χ4v) is 10.9. The summed E-state index contributed by atoms with van der Waals surface area (Å²) in [6, 6.07) is 0. The average Bonchev–Trinajstić information content (AvgIpc) is 1.97. The molecule has 0 amide bonds. The quantitative estimate of drug-likeness (QED) is 0.496. The van der Waals surface area contributed by atoms with Crippen LogP contribution in [0.3, 0.4) is 0 Å². The molecule has 0 aliphatic carbocycles. The van der Waals surface area contributed by atoms with E-state index in [0.717, 1.165) is 0 Å². The number of hydrogen-bond acceptors (Lipinski definition) is 0. The van der Waals surface area contributed by atoms with Gasteiger partial charge in [-0.1, -0.05) is 0 Å². The molecule has 2 heteroatoms. The Morgan fingerprint density at radius 2 is 1.40 bits per heavy atom. The van der Waals surface area contributed by atoms with Crippen LogP contribution in [0.4, 0.5) is 0 Å². The predicted molar refractivity (Wildman–Crippen MR) is 59.2 cm³/mol. The van der Waals surface area contributed by atoms with Gasteiger partial charge in [0, 0.05) is 0 Å². The molecule has 0 aromatic heterocycles. The molecule has 10 heavy (non-hydrogen) atoms. The second-order valence-corrected chi connectivity index (χ2v) is 18.8. The maximum absolute atomic E-state index is 2.78. The number of halogens is 1. The molecular weight excluding hydrogens is 342 g/mol. The third-order valence-corrected chi connectivity index (χ3v) is 14.0. The molecule has 0 saturated carbocycles. The van der Waals surface area contributed by atoms with E-state index in [4.69, 9.17) is 0 Å². The van der Waals surface area contributed by atoms with E-state index in [1.54, 1.807) is 8.87 Å². The Morgan fingerprint density at radius 1 is 1.00 bits per heavy atom. The molecule has 0 spiro atoms. The molecule has 0 aromatic carbocycles. The van der Waals surface area contributed by atoms with E-state index < -0.39 is 15.8 Å². The summed E-state index contributed by atoms with van der Waals surface area (Å²) in [5.74, 6) is 0. The van der Waals surface area contributed by atoms with Crippen molar-refractivity contribution in [3.8, 4) is 0 Å². The fourth-order valence-electron chi connectivity index (χ4n) is 0.862. The van der Waals surface area contributed by atoms with E-state index in [1.165, 1.54) is 25.7 Å². The Labute approximate surface area is 82.1 Å². The maximum atomic E-state index is 2.78. The van der Waals surface area contributed by atoms with Gasteiger partial charge in [-0.05, 0) is 0 Å². The van der Waals surface area contributed by atoms with Crippen molar-refractivity contribution in [1.82, 2.24) is 0 Å². The molecule has 0 rings (SSSR count). The van der Waals surface area contributed by atoms with Crippen molar-refractivity contribution in [2.75, 3.05) is 0 Å². The zero-order valence-corrected chi connectivity index (χ0v) is 12.1. The molecule has 1 radical (unpaired) electrons. The Balaban J connectivity index is 3.00. The molecule has 61 valence electrons. The first-order valence-corrected chi connectivity index (χ1v) is 16.7. The van der Waals surface area contributed by atoms with Crippen LogP contribution in [0.5, 0.6) is 0 Å². The van der Waals surface area contributed by atoms with Gasteiger partial charge in [-0.25, -0.2) is 0 Å². The molecule has 0 saturated heterocycles. The van der Waals surface area contributed by atoms with Crippen molar-refractivity contribution in [1.29, 1.82) is 0 Å². The molecular formula is C8H18ISn. The first kappa shape index (κ1) is 11.5. The summed E-state index contributed by atoms with van der Waals surface area (Å²) in [4.78, 5) is 0. The zero-order chi connectivity index (χ0) is 7.82. The molecule has 0 fully saturated rings. The van der Waals surface area contributed by atoms with E-state index in [0.29, 0.717) is 0 Å². The van der Waals surface area contributed by atoms with Crippen molar-refractivity contribution in [2.45, 2.75) is 48.4 Å². The van der Waals surface area contributed by atoms with Gasteiger partial charge in [0.2, 0.25) is 0 Å². The van der Waals surface area contributed by atoms with Gasteiger partial charge >= 0.3 is 82.8 Å². The van der Waals surface area contributed by atoms with Gasteiger partial charge in [0.1, 0.15) is 0 Å². The summed E-state index contributed by atoms with van der Waals surface area (Å²) in [5.41, 5.74) is 0. The fraction of sp³-hybridized carbons (Fsp3) is 1.00. The Bertz CT molecular complexity index is 58.3. The molecule has 0 N–H and O–H groups in total. The second kappa shape index (κ2) is 8.62. The van der Waals surface area contributed by atoms with Crippen molar-refractivity contribution >= 4 is 34.4 Å². The minimum atomic E-state index is -0.771. The molecule has 0 aliphatic rings. The van der Waals surface area contributed by atoms with Gasteiger partial charge in [-0.2, -0.15) is 0 Å². The second-order valence-electron chi connectivity index (χ2n) is 2.72. The third-order valence-electron chi connectivity index (χ3n) is 1.60. The standard InChI is InChI=1S/2C4H9.HI.Sn/c2*1-3-4-2;;/h2*1,3-4H2,2H3;1H;/q;;;+1/p-1.